The highest BCUT2D eigenvalue weighted by Crippen LogP contribution is 2.26. The van der Waals surface area contributed by atoms with Crippen LogP contribution in [0.3, 0.4) is 0 Å². The molecule has 0 saturated carbocycles. The predicted molar refractivity (Wildman–Crippen MR) is 112 cm³/mol. The third kappa shape index (κ3) is 4.15. The Morgan fingerprint density at radius 2 is 2.04 bits per heavy atom. The molecule has 2 aromatic heterocycles. The number of hydrogen-bond donors (Lipinski definition) is 1. The second kappa shape index (κ2) is 8.67. The van der Waals surface area contributed by atoms with Crippen molar-refractivity contribution in [1.29, 1.82) is 0 Å². The summed E-state index contributed by atoms with van der Waals surface area (Å²) in [5.74, 6) is 0.760. The van der Waals surface area contributed by atoms with Crippen LogP contribution in [-0.4, -0.2) is 52.3 Å². The van der Waals surface area contributed by atoms with E-state index in [0.29, 0.717) is 11.6 Å². The molecule has 1 aliphatic rings. The molecule has 0 bridgehead atoms. The quantitative estimate of drug-likeness (QED) is 0.694. The molecule has 28 heavy (non-hydrogen) atoms. The minimum absolute atomic E-state index is 0.0463. The van der Waals surface area contributed by atoms with E-state index in [1.165, 1.54) is 17.8 Å². The molecule has 7 heteroatoms. The van der Waals surface area contributed by atoms with Crippen LogP contribution in [0.5, 0.6) is 0 Å². The molecule has 0 spiro atoms. The summed E-state index contributed by atoms with van der Waals surface area (Å²) in [5, 5.41) is 10.3. The zero-order chi connectivity index (χ0) is 19.3. The molecule has 0 atom stereocenters. The Morgan fingerprint density at radius 1 is 1.25 bits per heavy atom. The normalized spacial score (nSPS) is 15.1. The number of thiazole rings is 1. The first-order valence-corrected chi connectivity index (χ1v) is 10.6. The van der Waals surface area contributed by atoms with Gasteiger partial charge in [-0.2, -0.15) is 5.10 Å². The first-order chi connectivity index (χ1) is 13.7. The summed E-state index contributed by atoms with van der Waals surface area (Å²) in [6.45, 7) is 2.70. The van der Waals surface area contributed by atoms with Crippen LogP contribution in [0.2, 0.25) is 0 Å². The lowest BCUT2D eigenvalue weighted by molar-refractivity contribution is 0.0682. The minimum atomic E-state index is 0.0463. The topological polar surface area (TPSA) is 63.1 Å². The number of likely N-dealkylation sites (tertiary alicyclic amines) is 1. The molecule has 0 unspecified atom stereocenters. The number of carbonyl (C=O) groups excluding carboxylic acids is 1. The van der Waals surface area contributed by atoms with Crippen molar-refractivity contribution in [3.05, 3.63) is 53.8 Å². The largest absolute Gasteiger partial charge is 0.337 e. The van der Waals surface area contributed by atoms with E-state index in [0.717, 1.165) is 48.7 Å². The number of nitrogens with one attached hydrogen (secondary N) is 1. The van der Waals surface area contributed by atoms with Crippen molar-refractivity contribution in [3.63, 3.8) is 0 Å². The molecule has 3 heterocycles. The second-order valence-electron chi connectivity index (χ2n) is 7.17. The number of hydrogen-bond acceptors (Lipinski definition) is 5. The molecule has 1 aliphatic heterocycles. The van der Waals surface area contributed by atoms with Gasteiger partial charge in [-0.1, -0.05) is 18.2 Å². The van der Waals surface area contributed by atoms with Crippen LogP contribution in [0.4, 0.5) is 0 Å². The van der Waals surface area contributed by atoms with E-state index < -0.39 is 0 Å². The third-order valence-corrected chi connectivity index (χ3v) is 6.17. The Hall–Kier alpha value is -2.51. The molecular weight excluding hydrogens is 370 g/mol. The number of para-hydroxylation sites is 1. The molecule has 1 N–H and O–H groups in total. The fraction of sp³-hybridized carbons (Fsp3) is 0.381. The molecule has 3 aromatic rings. The summed E-state index contributed by atoms with van der Waals surface area (Å²) < 4.78 is 1.83. The van der Waals surface area contributed by atoms with Crippen molar-refractivity contribution >= 4 is 17.2 Å². The van der Waals surface area contributed by atoms with Gasteiger partial charge in [-0.05, 0) is 50.9 Å². The zero-order valence-electron chi connectivity index (χ0n) is 16.0. The molecule has 1 aromatic carbocycles. The predicted octanol–water partition coefficient (Wildman–Crippen LogP) is 3.46. The Balaban J connectivity index is 1.41. The van der Waals surface area contributed by atoms with E-state index in [4.69, 9.17) is 0 Å². The van der Waals surface area contributed by atoms with E-state index in [1.807, 2.05) is 58.5 Å². The third-order valence-electron chi connectivity index (χ3n) is 5.28. The molecule has 146 valence electrons. The summed E-state index contributed by atoms with van der Waals surface area (Å²) in [7, 11) is 1.99. The molecular formula is C21H25N5OS. The summed E-state index contributed by atoms with van der Waals surface area (Å²) in [5.41, 5.74) is 2.47. The van der Waals surface area contributed by atoms with Gasteiger partial charge >= 0.3 is 0 Å². The van der Waals surface area contributed by atoms with Gasteiger partial charge in [-0.15, -0.1) is 11.3 Å². The number of carbonyl (C=O) groups is 1. The van der Waals surface area contributed by atoms with Crippen LogP contribution in [0, 0.1) is 5.92 Å². The fourth-order valence-electron chi connectivity index (χ4n) is 3.59. The maximum absolute atomic E-state index is 12.8. The van der Waals surface area contributed by atoms with Gasteiger partial charge in [0.2, 0.25) is 0 Å². The highest BCUT2D eigenvalue weighted by Gasteiger charge is 2.25. The van der Waals surface area contributed by atoms with Gasteiger partial charge in [0.15, 0.2) is 0 Å². The summed E-state index contributed by atoms with van der Waals surface area (Å²) in [4.78, 5) is 19.4. The Bertz CT molecular complexity index is 912. The van der Waals surface area contributed by atoms with Crippen LogP contribution >= 0.6 is 11.3 Å². The number of amides is 1. The lowest BCUT2D eigenvalue weighted by atomic mass is 9.93. The van der Waals surface area contributed by atoms with Crippen LogP contribution < -0.4 is 5.32 Å². The molecule has 0 aliphatic carbocycles. The maximum atomic E-state index is 12.8. The van der Waals surface area contributed by atoms with Crippen molar-refractivity contribution in [2.24, 2.45) is 5.92 Å². The summed E-state index contributed by atoms with van der Waals surface area (Å²) in [6, 6.07) is 9.97. The molecule has 1 fully saturated rings. The SMILES string of the molecule is CNCCC1CCN(C(=O)c2csc(-c3cnn(-c4ccccc4)c3)n2)CC1. The average Bonchev–Trinajstić information content (AvgIpc) is 3.42. The van der Waals surface area contributed by atoms with E-state index >= 15 is 0 Å². The highest BCUT2D eigenvalue weighted by molar-refractivity contribution is 7.13. The Morgan fingerprint density at radius 3 is 2.79 bits per heavy atom. The van der Waals surface area contributed by atoms with Gasteiger partial charge in [0, 0.05) is 30.2 Å². The van der Waals surface area contributed by atoms with Crippen LogP contribution in [-0.2, 0) is 0 Å². The van der Waals surface area contributed by atoms with Gasteiger partial charge in [0.1, 0.15) is 10.7 Å². The number of piperidine rings is 1. The minimum Gasteiger partial charge on any atom is -0.337 e. The standard InChI is InChI=1S/C21H25N5OS/c1-22-10-7-16-8-11-25(12-9-16)21(27)19-15-28-20(24-19)17-13-23-26(14-17)18-5-3-2-4-6-18/h2-6,13-16,22H,7-12H2,1H3. The van der Waals surface area contributed by atoms with Gasteiger partial charge in [-0.25, -0.2) is 9.67 Å². The van der Waals surface area contributed by atoms with Gasteiger partial charge in [0.25, 0.3) is 5.91 Å². The van der Waals surface area contributed by atoms with E-state index in [9.17, 15) is 4.79 Å². The van der Waals surface area contributed by atoms with E-state index in [1.54, 1.807) is 6.20 Å². The number of benzene rings is 1. The van der Waals surface area contributed by atoms with Crippen LogP contribution in [0.1, 0.15) is 29.8 Å². The Kier molecular flexibility index (Phi) is 5.83. The summed E-state index contributed by atoms with van der Waals surface area (Å²) in [6.07, 6.45) is 7.09. The fourth-order valence-corrected chi connectivity index (χ4v) is 4.36. The first kappa shape index (κ1) is 18.8. The molecule has 4 rings (SSSR count). The van der Waals surface area contributed by atoms with Crippen LogP contribution in [0.15, 0.2) is 48.1 Å². The van der Waals surface area contributed by atoms with E-state index in [2.05, 4.69) is 15.4 Å². The maximum Gasteiger partial charge on any atom is 0.273 e. The molecule has 1 amide bonds. The van der Waals surface area contributed by atoms with Crippen LogP contribution in [0.25, 0.3) is 16.3 Å². The molecule has 1 saturated heterocycles. The van der Waals surface area contributed by atoms with Crippen molar-refractivity contribution in [3.8, 4) is 16.3 Å². The van der Waals surface area contributed by atoms with Gasteiger partial charge < -0.3 is 10.2 Å². The van der Waals surface area contributed by atoms with Crippen molar-refractivity contribution in [2.45, 2.75) is 19.3 Å². The number of rotatable bonds is 6. The second-order valence-corrected chi connectivity index (χ2v) is 8.03. The first-order valence-electron chi connectivity index (χ1n) is 9.74. The van der Waals surface area contributed by atoms with Crippen molar-refractivity contribution < 1.29 is 4.79 Å². The monoisotopic (exact) mass is 395 g/mol. The molecule has 0 radical (unpaired) electrons. The van der Waals surface area contributed by atoms with Gasteiger partial charge in [-0.3, -0.25) is 4.79 Å². The molecule has 6 nitrogen and oxygen atoms in total. The smallest absolute Gasteiger partial charge is 0.273 e. The highest BCUT2D eigenvalue weighted by atomic mass is 32.1. The van der Waals surface area contributed by atoms with Gasteiger partial charge in [0.05, 0.1) is 11.9 Å². The summed E-state index contributed by atoms with van der Waals surface area (Å²) >= 11 is 1.49. The Labute approximate surface area is 169 Å². The van der Waals surface area contributed by atoms with Crippen molar-refractivity contribution in [1.82, 2.24) is 25.0 Å². The lowest BCUT2D eigenvalue weighted by Gasteiger charge is -2.31. The number of nitrogens with zero attached hydrogens (tertiary/aromatic N) is 4. The lowest BCUT2D eigenvalue weighted by Crippen LogP contribution is -2.39. The number of aromatic nitrogens is 3. The van der Waals surface area contributed by atoms with Crippen molar-refractivity contribution in [2.75, 3.05) is 26.7 Å². The zero-order valence-corrected chi connectivity index (χ0v) is 16.9. The van der Waals surface area contributed by atoms with E-state index in [-0.39, 0.29) is 5.91 Å². The average molecular weight is 396 g/mol.